The van der Waals surface area contributed by atoms with Crippen LogP contribution in [0.1, 0.15) is 71.6 Å². The van der Waals surface area contributed by atoms with Gasteiger partial charge in [-0.15, -0.1) is 0 Å². The van der Waals surface area contributed by atoms with Crippen LogP contribution in [-0.2, 0) is 4.79 Å². The van der Waals surface area contributed by atoms with Crippen molar-refractivity contribution in [3.8, 4) is 0 Å². The maximum Gasteiger partial charge on any atom is 0.223 e. The lowest BCUT2D eigenvalue weighted by Crippen LogP contribution is -2.47. The van der Waals surface area contributed by atoms with Crippen molar-refractivity contribution in [2.24, 2.45) is 11.7 Å². The number of hydrogen-bond acceptors (Lipinski definition) is 2. The monoisotopic (exact) mass is 266 g/mol. The highest BCUT2D eigenvalue weighted by molar-refractivity contribution is 5.77. The smallest absolute Gasteiger partial charge is 0.223 e. The summed E-state index contributed by atoms with van der Waals surface area (Å²) in [4.78, 5) is 14.6. The summed E-state index contributed by atoms with van der Waals surface area (Å²) in [7, 11) is 0. The van der Waals surface area contributed by atoms with Gasteiger partial charge in [0.2, 0.25) is 5.91 Å². The molecule has 1 aliphatic heterocycles. The molecule has 3 heteroatoms. The second-order valence-corrected chi connectivity index (χ2v) is 6.76. The van der Waals surface area contributed by atoms with Crippen molar-refractivity contribution in [1.82, 2.24) is 4.90 Å². The lowest BCUT2D eigenvalue weighted by atomic mass is 9.83. The van der Waals surface area contributed by atoms with E-state index in [-0.39, 0.29) is 0 Å². The molecule has 2 unspecified atom stereocenters. The first-order chi connectivity index (χ1) is 9.08. The summed E-state index contributed by atoms with van der Waals surface area (Å²) in [6.45, 7) is 4.40. The Kier molecular flexibility index (Phi) is 5.26. The molecule has 1 amide bonds. The molecule has 2 N–H and O–H groups in total. The third-order valence-corrected chi connectivity index (χ3v) is 5.07. The summed E-state index contributed by atoms with van der Waals surface area (Å²) < 4.78 is 0. The Balaban J connectivity index is 1.79. The fourth-order valence-corrected chi connectivity index (χ4v) is 3.96. The summed E-state index contributed by atoms with van der Waals surface area (Å²) in [5, 5.41) is 0. The molecule has 0 aromatic carbocycles. The fourth-order valence-electron chi connectivity index (χ4n) is 3.96. The van der Waals surface area contributed by atoms with Crippen molar-refractivity contribution in [2.45, 2.75) is 89.8 Å². The van der Waals surface area contributed by atoms with E-state index in [2.05, 4.69) is 18.7 Å². The van der Waals surface area contributed by atoms with E-state index < -0.39 is 0 Å². The van der Waals surface area contributed by atoms with Crippen LogP contribution >= 0.6 is 0 Å². The zero-order valence-corrected chi connectivity index (χ0v) is 12.6. The van der Waals surface area contributed by atoms with Crippen LogP contribution in [-0.4, -0.2) is 28.9 Å². The van der Waals surface area contributed by atoms with E-state index >= 15 is 0 Å². The van der Waals surface area contributed by atoms with Crippen molar-refractivity contribution in [3.63, 3.8) is 0 Å². The summed E-state index contributed by atoms with van der Waals surface area (Å²) in [6.07, 6.45) is 10.2. The molecule has 1 aliphatic carbocycles. The molecule has 2 fully saturated rings. The van der Waals surface area contributed by atoms with Crippen LogP contribution in [0.15, 0.2) is 0 Å². The molecule has 1 heterocycles. The van der Waals surface area contributed by atoms with Gasteiger partial charge in [-0.1, -0.05) is 12.8 Å². The fraction of sp³-hybridized carbons (Fsp3) is 0.938. The molecule has 4 atom stereocenters. The lowest BCUT2D eigenvalue weighted by Gasteiger charge is -2.39. The van der Waals surface area contributed by atoms with Crippen LogP contribution in [0, 0.1) is 5.92 Å². The van der Waals surface area contributed by atoms with E-state index in [4.69, 9.17) is 5.73 Å². The second-order valence-electron chi connectivity index (χ2n) is 6.76. The van der Waals surface area contributed by atoms with Gasteiger partial charge in [-0.2, -0.15) is 0 Å². The molecular formula is C16H30N2O. The minimum absolute atomic E-state index is 0.374. The van der Waals surface area contributed by atoms with Crippen molar-refractivity contribution in [1.29, 1.82) is 0 Å². The van der Waals surface area contributed by atoms with Crippen LogP contribution in [0.3, 0.4) is 0 Å². The van der Waals surface area contributed by atoms with Crippen LogP contribution in [0.2, 0.25) is 0 Å². The molecule has 0 bridgehead atoms. The van der Waals surface area contributed by atoms with Gasteiger partial charge in [0.1, 0.15) is 0 Å². The van der Waals surface area contributed by atoms with Crippen LogP contribution in [0.4, 0.5) is 0 Å². The van der Waals surface area contributed by atoms with E-state index in [1.165, 1.54) is 38.5 Å². The highest BCUT2D eigenvalue weighted by Crippen LogP contribution is 2.29. The van der Waals surface area contributed by atoms with E-state index in [0.717, 1.165) is 19.3 Å². The number of nitrogens with two attached hydrogens (primary N) is 1. The molecule has 0 spiro atoms. The van der Waals surface area contributed by atoms with Crippen molar-refractivity contribution in [2.75, 3.05) is 0 Å². The summed E-state index contributed by atoms with van der Waals surface area (Å²) >= 11 is 0. The number of piperidine rings is 1. The van der Waals surface area contributed by atoms with Gasteiger partial charge in [-0.05, 0) is 58.3 Å². The van der Waals surface area contributed by atoms with Gasteiger partial charge in [-0.25, -0.2) is 0 Å². The Morgan fingerprint density at radius 3 is 2.37 bits per heavy atom. The second kappa shape index (κ2) is 6.74. The Bertz CT molecular complexity index is 295. The minimum atomic E-state index is 0.374. The zero-order chi connectivity index (χ0) is 13.8. The maximum absolute atomic E-state index is 12.4. The maximum atomic E-state index is 12.4. The van der Waals surface area contributed by atoms with E-state index in [0.29, 0.717) is 30.0 Å². The van der Waals surface area contributed by atoms with E-state index in [1.807, 2.05) is 0 Å². The molecule has 3 nitrogen and oxygen atoms in total. The van der Waals surface area contributed by atoms with Gasteiger partial charge < -0.3 is 10.6 Å². The molecule has 0 aromatic heterocycles. The highest BCUT2D eigenvalue weighted by atomic mass is 16.2. The average Bonchev–Trinajstić information content (AvgIpc) is 2.36. The van der Waals surface area contributed by atoms with Gasteiger partial charge in [0.15, 0.2) is 0 Å². The molecule has 110 valence electrons. The van der Waals surface area contributed by atoms with Crippen molar-refractivity contribution in [3.05, 3.63) is 0 Å². The molecule has 19 heavy (non-hydrogen) atoms. The Hall–Kier alpha value is -0.570. The number of nitrogens with zero attached hydrogens (tertiary/aromatic N) is 1. The number of rotatable bonds is 3. The third kappa shape index (κ3) is 3.95. The van der Waals surface area contributed by atoms with Crippen LogP contribution < -0.4 is 5.73 Å². The first-order valence-corrected chi connectivity index (χ1v) is 8.14. The standard InChI is InChI=1S/C16H30N2O/c1-12-5-3-6-13(2)18(12)16(19)10-9-14-7-4-8-15(17)11-14/h12-15H,3-11,17H2,1-2H3/t12-,13+,14?,15?. The van der Waals surface area contributed by atoms with Gasteiger partial charge in [0, 0.05) is 24.5 Å². The summed E-state index contributed by atoms with van der Waals surface area (Å²) in [5.41, 5.74) is 6.02. The zero-order valence-electron chi connectivity index (χ0n) is 12.6. The van der Waals surface area contributed by atoms with Gasteiger partial charge in [0.25, 0.3) is 0 Å². The first-order valence-electron chi connectivity index (χ1n) is 8.14. The van der Waals surface area contributed by atoms with Gasteiger partial charge >= 0.3 is 0 Å². The molecule has 0 aromatic rings. The van der Waals surface area contributed by atoms with Crippen molar-refractivity contribution >= 4 is 5.91 Å². The van der Waals surface area contributed by atoms with E-state index in [9.17, 15) is 4.79 Å². The number of hydrogen-bond donors (Lipinski definition) is 1. The molecule has 1 saturated heterocycles. The molecule has 1 saturated carbocycles. The summed E-state index contributed by atoms with van der Waals surface area (Å²) in [5.74, 6) is 1.06. The number of likely N-dealkylation sites (tertiary alicyclic amines) is 1. The largest absolute Gasteiger partial charge is 0.337 e. The SMILES string of the molecule is C[C@@H]1CCC[C@H](C)N1C(=O)CCC1CCCC(N)C1. The summed E-state index contributed by atoms with van der Waals surface area (Å²) in [6, 6.07) is 1.25. The van der Waals surface area contributed by atoms with Gasteiger partial charge in [0.05, 0.1) is 0 Å². The topological polar surface area (TPSA) is 46.3 Å². The highest BCUT2D eigenvalue weighted by Gasteiger charge is 2.29. The number of amides is 1. The number of carbonyl (C=O) groups is 1. The molecular weight excluding hydrogens is 236 g/mol. The van der Waals surface area contributed by atoms with Gasteiger partial charge in [-0.3, -0.25) is 4.79 Å². The molecule has 0 radical (unpaired) electrons. The predicted molar refractivity (Wildman–Crippen MR) is 78.8 cm³/mol. The average molecular weight is 266 g/mol. The number of carbonyl (C=O) groups excluding carboxylic acids is 1. The lowest BCUT2D eigenvalue weighted by molar-refractivity contribution is -0.137. The quantitative estimate of drug-likeness (QED) is 0.853. The van der Waals surface area contributed by atoms with Crippen LogP contribution in [0.25, 0.3) is 0 Å². The normalized spacial score (nSPS) is 36.3. The molecule has 2 rings (SSSR count). The van der Waals surface area contributed by atoms with Crippen molar-refractivity contribution < 1.29 is 4.79 Å². The first kappa shape index (κ1) is 14.8. The van der Waals surface area contributed by atoms with E-state index in [1.54, 1.807) is 0 Å². The third-order valence-electron chi connectivity index (χ3n) is 5.07. The minimum Gasteiger partial charge on any atom is -0.337 e. The Labute approximate surface area is 117 Å². The Morgan fingerprint density at radius 1 is 1.11 bits per heavy atom. The van der Waals surface area contributed by atoms with Crippen LogP contribution in [0.5, 0.6) is 0 Å². The predicted octanol–water partition coefficient (Wildman–Crippen LogP) is 3.07. The Morgan fingerprint density at radius 2 is 1.74 bits per heavy atom. The molecule has 2 aliphatic rings.